The number of nitrogens with one attached hydrogen (secondary N) is 2. The predicted octanol–water partition coefficient (Wildman–Crippen LogP) is 2.14. The van der Waals surface area contributed by atoms with Crippen molar-refractivity contribution in [2.45, 2.75) is 70.2 Å². The average Bonchev–Trinajstić information content (AvgIpc) is 2.98. The van der Waals surface area contributed by atoms with Crippen molar-refractivity contribution in [3.63, 3.8) is 0 Å². The van der Waals surface area contributed by atoms with Gasteiger partial charge in [-0.25, -0.2) is 9.59 Å². The molecule has 132 valence electrons. The molecule has 2 amide bonds. The molecule has 1 saturated carbocycles. The quantitative estimate of drug-likeness (QED) is 0.867. The molecular weight excluding hydrogens is 316 g/mol. The lowest BCUT2D eigenvalue weighted by Crippen LogP contribution is -2.52. The molecule has 24 heavy (non-hydrogen) atoms. The molecule has 1 aromatic heterocycles. The zero-order valence-corrected chi connectivity index (χ0v) is 14.2. The molecule has 2 aliphatic rings. The van der Waals surface area contributed by atoms with Crippen LogP contribution in [-0.2, 0) is 15.0 Å². The lowest BCUT2D eigenvalue weighted by atomic mass is 9.76. The van der Waals surface area contributed by atoms with E-state index in [2.05, 4.69) is 20.8 Å². The third kappa shape index (κ3) is 3.15. The van der Waals surface area contributed by atoms with Crippen LogP contribution in [0.15, 0.2) is 4.42 Å². The minimum Gasteiger partial charge on any atom is -0.444 e. The molecular formula is C15H22N4O5. The Morgan fingerprint density at radius 2 is 2.08 bits per heavy atom. The van der Waals surface area contributed by atoms with Crippen LogP contribution in [0.4, 0.5) is 9.59 Å². The van der Waals surface area contributed by atoms with E-state index in [1.807, 2.05) is 0 Å². The molecule has 0 unspecified atom stereocenters. The summed E-state index contributed by atoms with van der Waals surface area (Å²) >= 11 is 0. The Hall–Kier alpha value is -2.32. The molecule has 0 bridgehead atoms. The van der Waals surface area contributed by atoms with Gasteiger partial charge in [-0.15, -0.1) is 10.2 Å². The fourth-order valence-corrected chi connectivity index (χ4v) is 2.75. The number of aromatic nitrogens is 2. The molecule has 2 atom stereocenters. The smallest absolute Gasteiger partial charge is 0.408 e. The number of alkyl carbamates (subject to hydrolysis) is 2. The van der Waals surface area contributed by atoms with Crippen LogP contribution in [0.3, 0.4) is 0 Å². The minimum absolute atomic E-state index is 0.264. The van der Waals surface area contributed by atoms with E-state index in [1.165, 1.54) is 0 Å². The standard InChI is InChI=1S/C15H22N4O5/c1-8-9(16-12(20)22-8)10-18-19-11(23-10)15(6-5-7-15)17-13(21)24-14(2,3)4/h8-9H,5-7H2,1-4H3,(H,16,20)(H,17,21)/t8-,9+/m1/s1. The molecule has 2 heterocycles. The highest BCUT2D eigenvalue weighted by molar-refractivity contribution is 5.70. The highest BCUT2D eigenvalue weighted by Crippen LogP contribution is 2.41. The molecule has 1 saturated heterocycles. The maximum Gasteiger partial charge on any atom is 0.408 e. The summed E-state index contributed by atoms with van der Waals surface area (Å²) in [5, 5.41) is 13.6. The van der Waals surface area contributed by atoms with Crippen molar-refractivity contribution in [2.24, 2.45) is 0 Å². The van der Waals surface area contributed by atoms with Gasteiger partial charge in [0.05, 0.1) is 0 Å². The third-order valence-corrected chi connectivity index (χ3v) is 4.10. The lowest BCUT2D eigenvalue weighted by molar-refractivity contribution is 0.0329. The fraction of sp³-hybridized carbons (Fsp3) is 0.733. The molecule has 1 aliphatic carbocycles. The van der Waals surface area contributed by atoms with E-state index in [0.717, 1.165) is 6.42 Å². The number of hydrogen-bond donors (Lipinski definition) is 2. The number of cyclic esters (lactones) is 1. The van der Waals surface area contributed by atoms with Crippen molar-refractivity contribution in [2.75, 3.05) is 0 Å². The van der Waals surface area contributed by atoms with Crippen molar-refractivity contribution < 1.29 is 23.5 Å². The lowest BCUT2D eigenvalue weighted by Gasteiger charge is -2.39. The molecule has 0 spiro atoms. The van der Waals surface area contributed by atoms with Crippen molar-refractivity contribution in [3.05, 3.63) is 11.8 Å². The Balaban J connectivity index is 1.75. The van der Waals surface area contributed by atoms with Gasteiger partial charge in [-0.1, -0.05) is 0 Å². The summed E-state index contributed by atoms with van der Waals surface area (Å²) in [4.78, 5) is 23.4. The van der Waals surface area contributed by atoms with Crippen molar-refractivity contribution in [1.29, 1.82) is 0 Å². The first-order valence-corrected chi connectivity index (χ1v) is 8.01. The van der Waals surface area contributed by atoms with Crippen molar-refractivity contribution in [1.82, 2.24) is 20.8 Å². The van der Waals surface area contributed by atoms with Crippen LogP contribution in [-0.4, -0.2) is 34.1 Å². The van der Waals surface area contributed by atoms with E-state index >= 15 is 0 Å². The van der Waals surface area contributed by atoms with Crippen LogP contribution in [0.1, 0.15) is 64.8 Å². The van der Waals surface area contributed by atoms with Gasteiger partial charge in [0, 0.05) is 0 Å². The molecule has 0 aromatic carbocycles. The number of carbonyl (C=O) groups excluding carboxylic acids is 2. The van der Waals surface area contributed by atoms with Crippen LogP contribution < -0.4 is 10.6 Å². The maximum absolute atomic E-state index is 12.1. The summed E-state index contributed by atoms with van der Waals surface area (Å²) in [5.41, 5.74) is -1.30. The fourth-order valence-electron chi connectivity index (χ4n) is 2.75. The molecule has 1 aromatic rings. The largest absolute Gasteiger partial charge is 0.444 e. The molecule has 0 radical (unpaired) electrons. The molecule has 9 heteroatoms. The summed E-state index contributed by atoms with van der Waals surface area (Å²) in [7, 11) is 0. The van der Waals surface area contributed by atoms with Crippen molar-refractivity contribution >= 4 is 12.2 Å². The van der Waals surface area contributed by atoms with Gasteiger partial charge in [0.1, 0.15) is 23.3 Å². The van der Waals surface area contributed by atoms with Crippen LogP contribution in [0.25, 0.3) is 0 Å². The number of hydrogen-bond acceptors (Lipinski definition) is 7. The van der Waals surface area contributed by atoms with E-state index in [4.69, 9.17) is 13.9 Å². The first kappa shape index (κ1) is 16.5. The Labute approximate surface area is 139 Å². The normalized spacial score (nSPS) is 25.4. The van der Waals surface area contributed by atoms with E-state index in [1.54, 1.807) is 27.7 Å². The molecule has 2 N–H and O–H groups in total. The van der Waals surface area contributed by atoms with Crippen LogP contribution in [0.2, 0.25) is 0 Å². The monoisotopic (exact) mass is 338 g/mol. The highest BCUT2D eigenvalue weighted by Gasteiger charge is 2.47. The highest BCUT2D eigenvalue weighted by atomic mass is 16.6. The topological polar surface area (TPSA) is 116 Å². The second-order valence-electron chi connectivity index (χ2n) is 7.24. The van der Waals surface area contributed by atoms with Gasteiger partial charge < -0.3 is 24.5 Å². The number of amides is 2. The van der Waals surface area contributed by atoms with Gasteiger partial charge in [-0.2, -0.15) is 0 Å². The third-order valence-electron chi connectivity index (χ3n) is 4.10. The van der Waals surface area contributed by atoms with E-state index in [9.17, 15) is 9.59 Å². The second-order valence-corrected chi connectivity index (χ2v) is 7.24. The van der Waals surface area contributed by atoms with E-state index in [0.29, 0.717) is 18.7 Å². The van der Waals surface area contributed by atoms with Gasteiger partial charge in [-0.3, -0.25) is 0 Å². The average molecular weight is 338 g/mol. The molecule has 2 fully saturated rings. The van der Waals surface area contributed by atoms with Crippen LogP contribution >= 0.6 is 0 Å². The molecule has 1 aliphatic heterocycles. The SMILES string of the molecule is C[C@H]1OC(=O)N[C@@H]1c1nnc(C2(NC(=O)OC(C)(C)C)CCC2)o1. The number of ether oxygens (including phenoxy) is 2. The second kappa shape index (κ2) is 5.64. The Bertz CT molecular complexity index is 647. The van der Waals surface area contributed by atoms with E-state index in [-0.39, 0.29) is 5.89 Å². The Morgan fingerprint density at radius 3 is 2.58 bits per heavy atom. The Morgan fingerprint density at radius 1 is 1.38 bits per heavy atom. The minimum atomic E-state index is -0.708. The van der Waals surface area contributed by atoms with Crippen molar-refractivity contribution in [3.8, 4) is 0 Å². The van der Waals surface area contributed by atoms with Crippen LogP contribution in [0.5, 0.6) is 0 Å². The van der Waals surface area contributed by atoms with Gasteiger partial charge in [0.2, 0.25) is 11.8 Å². The summed E-state index contributed by atoms with van der Waals surface area (Å²) in [5.74, 6) is 0.587. The Kier molecular flexibility index (Phi) is 3.89. The summed E-state index contributed by atoms with van der Waals surface area (Å²) in [6.45, 7) is 7.14. The molecule has 9 nitrogen and oxygen atoms in total. The first-order valence-electron chi connectivity index (χ1n) is 8.01. The zero-order chi connectivity index (χ0) is 17.5. The predicted molar refractivity (Wildman–Crippen MR) is 81.0 cm³/mol. The summed E-state index contributed by atoms with van der Waals surface area (Å²) in [6.07, 6.45) is 0.883. The number of rotatable bonds is 3. The maximum atomic E-state index is 12.1. The van der Waals surface area contributed by atoms with E-state index < -0.39 is 35.5 Å². The summed E-state index contributed by atoms with van der Waals surface area (Å²) < 4.78 is 16.1. The van der Waals surface area contributed by atoms with Gasteiger partial charge in [-0.05, 0) is 47.0 Å². The number of carbonyl (C=O) groups is 2. The van der Waals surface area contributed by atoms with Gasteiger partial charge >= 0.3 is 12.2 Å². The summed E-state index contributed by atoms with van der Waals surface area (Å²) in [6, 6.07) is -0.489. The molecule has 3 rings (SSSR count). The van der Waals surface area contributed by atoms with Gasteiger partial charge in [0.25, 0.3) is 0 Å². The first-order chi connectivity index (χ1) is 11.2. The van der Waals surface area contributed by atoms with Crippen LogP contribution in [0, 0.1) is 0 Å². The van der Waals surface area contributed by atoms with Gasteiger partial charge in [0.15, 0.2) is 0 Å². The zero-order valence-electron chi connectivity index (χ0n) is 14.2. The number of nitrogens with zero attached hydrogens (tertiary/aromatic N) is 2.